The summed E-state index contributed by atoms with van der Waals surface area (Å²) in [6, 6.07) is 7.68. The van der Waals surface area contributed by atoms with Crippen LogP contribution in [0, 0.1) is 5.41 Å². The third kappa shape index (κ3) is 3.99. The van der Waals surface area contributed by atoms with Crippen molar-refractivity contribution < 1.29 is 9.53 Å². The number of nitrogens with one attached hydrogen (secondary N) is 1. The molecule has 23 heavy (non-hydrogen) atoms. The molecule has 0 aromatic heterocycles. The molecule has 0 saturated heterocycles. The third-order valence-electron chi connectivity index (χ3n) is 4.05. The highest BCUT2D eigenvalue weighted by Gasteiger charge is 2.68. The van der Waals surface area contributed by atoms with Crippen molar-refractivity contribution in [2.45, 2.75) is 44.4 Å². The highest BCUT2D eigenvalue weighted by Crippen LogP contribution is 2.63. The molecular weight excluding hydrogens is 335 g/mol. The topological polar surface area (TPSA) is 50.7 Å². The van der Waals surface area contributed by atoms with Crippen LogP contribution in [0.15, 0.2) is 29.4 Å². The fraction of sp³-hybridized carbons (Fsp3) is 0.529. The Bertz CT molecular complexity index is 599. The number of benzene rings is 1. The minimum atomic E-state index is -0.989. The number of hydrogen-bond donors (Lipinski definition) is 1. The number of alkyl halides is 2. The highest BCUT2D eigenvalue weighted by atomic mass is 35.5. The molecule has 2 rings (SSSR count). The van der Waals surface area contributed by atoms with E-state index < -0.39 is 9.75 Å². The van der Waals surface area contributed by atoms with Gasteiger partial charge in [-0.1, -0.05) is 13.8 Å². The van der Waals surface area contributed by atoms with Gasteiger partial charge in [-0.3, -0.25) is 4.79 Å². The molecule has 1 atom stereocenters. The van der Waals surface area contributed by atoms with Gasteiger partial charge in [0, 0.05) is 0 Å². The number of hydrazone groups is 1. The number of amides is 1. The number of halogens is 2. The van der Waals surface area contributed by atoms with Crippen LogP contribution < -0.4 is 10.2 Å². The summed E-state index contributed by atoms with van der Waals surface area (Å²) >= 11 is 12.0. The number of nitrogens with zero attached hydrogens (tertiary/aromatic N) is 1. The molecule has 0 aliphatic heterocycles. The minimum absolute atomic E-state index is 0.253. The lowest BCUT2D eigenvalue weighted by Crippen LogP contribution is -2.30. The highest BCUT2D eigenvalue weighted by molar-refractivity contribution is 6.53. The molecule has 0 bridgehead atoms. The Morgan fingerprint density at radius 3 is 2.39 bits per heavy atom. The van der Waals surface area contributed by atoms with Crippen molar-refractivity contribution in [2.75, 3.05) is 6.61 Å². The van der Waals surface area contributed by atoms with E-state index in [-0.39, 0.29) is 5.91 Å². The lowest BCUT2D eigenvalue weighted by molar-refractivity contribution is -0.125. The van der Waals surface area contributed by atoms with Crippen molar-refractivity contribution in [2.24, 2.45) is 10.5 Å². The van der Waals surface area contributed by atoms with Gasteiger partial charge in [0.15, 0.2) is 0 Å². The molecule has 1 amide bonds. The maximum Gasteiger partial charge on any atom is 0.249 e. The predicted octanol–water partition coefficient (Wildman–Crippen LogP) is 4.29. The molecule has 0 spiro atoms. The van der Waals surface area contributed by atoms with E-state index in [0.717, 1.165) is 23.4 Å². The molecular formula is C17H22Cl2N2O2. The van der Waals surface area contributed by atoms with Crippen molar-refractivity contribution in [1.82, 2.24) is 5.43 Å². The maximum absolute atomic E-state index is 12.2. The van der Waals surface area contributed by atoms with Crippen LogP contribution in [-0.2, 0) is 4.79 Å². The molecule has 126 valence electrons. The third-order valence-corrected chi connectivity index (χ3v) is 5.15. The lowest BCUT2D eigenvalue weighted by Gasteiger charge is -2.11. The van der Waals surface area contributed by atoms with E-state index in [2.05, 4.69) is 17.5 Å². The second kappa shape index (κ2) is 7.10. The minimum Gasteiger partial charge on any atom is -0.494 e. The van der Waals surface area contributed by atoms with Crippen LogP contribution in [0.2, 0.25) is 0 Å². The first kappa shape index (κ1) is 18.1. The summed E-state index contributed by atoms with van der Waals surface area (Å²) in [5.74, 6) is 0.575. The Kier molecular flexibility index (Phi) is 5.58. The summed E-state index contributed by atoms with van der Waals surface area (Å²) in [7, 11) is 0. The van der Waals surface area contributed by atoms with Gasteiger partial charge in [0.1, 0.15) is 10.1 Å². The van der Waals surface area contributed by atoms with Crippen LogP contribution in [0.25, 0.3) is 0 Å². The Morgan fingerprint density at radius 2 is 1.91 bits per heavy atom. The normalized spacial score (nSPS) is 22.6. The molecule has 1 aliphatic rings. The Hall–Kier alpha value is -1.26. The second-order valence-electron chi connectivity index (χ2n) is 5.94. The lowest BCUT2D eigenvalue weighted by atomic mass is 10.1. The number of hydrogen-bond acceptors (Lipinski definition) is 3. The smallest absolute Gasteiger partial charge is 0.249 e. The zero-order valence-corrected chi connectivity index (χ0v) is 15.2. The molecule has 0 radical (unpaired) electrons. The second-order valence-corrected chi connectivity index (χ2v) is 7.42. The standard InChI is InChI=1S/C17H22Cl2N2O2/c1-4-10-23-13-8-6-12(7-9-13)14(5-2)20-21-15(22)16(3)11-17(16,18)19/h6-9H,4-5,10-11H2,1-3H3,(H,21,22)/b20-14-/t16-/m0/s1. The van der Waals surface area contributed by atoms with Crippen LogP contribution in [0.4, 0.5) is 0 Å². The number of rotatable bonds is 7. The largest absolute Gasteiger partial charge is 0.494 e. The number of carbonyl (C=O) groups excluding carboxylic acids is 1. The van der Waals surface area contributed by atoms with Crippen molar-refractivity contribution in [3.8, 4) is 5.75 Å². The first-order valence-corrected chi connectivity index (χ1v) is 8.57. The predicted molar refractivity (Wildman–Crippen MR) is 94.4 cm³/mol. The Balaban J connectivity index is 2.03. The van der Waals surface area contributed by atoms with Gasteiger partial charge in [0.2, 0.25) is 5.91 Å². The van der Waals surface area contributed by atoms with Gasteiger partial charge in [-0.2, -0.15) is 5.10 Å². The van der Waals surface area contributed by atoms with E-state index >= 15 is 0 Å². The molecule has 1 fully saturated rings. The van der Waals surface area contributed by atoms with Crippen LogP contribution in [-0.4, -0.2) is 22.6 Å². The number of carbonyl (C=O) groups is 1. The first-order chi connectivity index (χ1) is 10.8. The van der Waals surface area contributed by atoms with Crippen LogP contribution >= 0.6 is 23.2 Å². The Labute approximate surface area is 147 Å². The molecule has 1 aromatic carbocycles. The van der Waals surface area contributed by atoms with E-state index in [1.807, 2.05) is 31.2 Å². The Morgan fingerprint density at radius 1 is 1.30 bits per heavy atom. The van der Waals surface area contributed by atoms with Crippen LogP contribution in [0.3, 0.4) is 0 Å². The summed E-state index contributed by atoms with van der Waals surface area (Å²) in [6.07, 6.45) is 2.10. The monoisotopic (exact) mass is 356 g/mol. The van der Waals surface area contributed by atoms with Gasteiger partial charge in [-0.25, -0.2) is 5.43 Å². The fourth-order valence-electron chi connectivity index (χ4n) is 2.20. The van der Waals surface area contributed by atoms with Gasteiger partial charge < -0.3 is 4.74 Å². The number of ether oxygens (including phenoxy) is 1. The van der Waals surface area contributed by atoms with Crippen molar-refractivity contribution in [3.63, 3.8) is 0 Å². The molecule has 0 heterocycles. The molecule has 4 nitrogen and oxygen atoms in total. The van der Waals surface area contributed by atoms with E-state index in [1.165, 1.54) is 0 Å². The van der Waals surface area contributed by atoms with Gasteiger partial charge in [0.05, 0.1) is 17.7 Å². The summed E-state index contributed by atoms with van der Waals surface area (Å²) in [5, 5.41) is 4.24. The van der Waals surface area contributed by atoms with E-state index in [4.69, 9.17) is 27.9 Å². The first-order valence-electron chi connectivity index (χ1n) is 7.82. The molecule has 1 saturated carbocycles. The van der Waals surface area contributed by atoms with Crippen molar-refractivity contribution >= 4 is 34.8 Å². The van der Waals surface area contributed by atoms with Gasteiger partial charge in [-0.15, -0.1) is 23.2 Å². The zero-order valence-electron chi connectivity index (χ0n) is 13.7. The summed E-state index contributed by atoms with van der Waals surface area (Å²) in [4.78, 5) is 12.2. The van der Waals surface area contributed by atoms with E-state index in [0.29, 0.717) is 19.4 Å². The van der Waals surface area contributed by atoms with Crippen molar-refractivity contribution in [1.29, 1.82) is 0 Å². The zero-order chi connectivity index (χ0) is 17.1. The summed E-state index contributed by atoms with van der Waals surface area (Å²) in [5.41, 5.74) is 3.56. The summed E-state index contributed by atoms with van der Waals surface area (Å²) in [6.45, 7) is 6.49. The van der Waals surface area contributed by atoms with E-state index in [1.54, 1.807) is 6.92 Å². The van der Waals surface area contributed by atoms with Crippen LogP contribution in [0.5, 0.6) is 5.75 Å². The average molecular weight is 357 g/mol. The van der Waals surface area contributed by atoms with Gasteiger partial charge in [-0.05, 0) is 56.0 Å². The van der Waals surface area contributed by atoms with E-state index in [9.17, 15) is 4.79 Å². The molecule has 1 aliphatic carbocycles. The molecule has 0 unspecified atom stereocenters. The quantitative estimate of drug-likeness (QED) is 0.450. The van der Waals surface area contributed by atoms with Crippen LogP contribution in [0.1, 0.15) is 45.6 Å². The molecule has 1 N–H and O–H groups in total. The van der Waals surface area contributed by atoms with Gasteiger partial charge in [0.25, 0.3) is 0 Å². The summed E-state index contributed by atoms with van der Waals surface area (Å²) < 4.78 is 4.57. The van der Waals surface area contributed by atoms with Gasteiger partial charge >= 0.3 is 0 Å². The van der Waals surface area contributed by atoms with Crippen molar-refractivity contribution in [3.05, 3.63) is 29.8 Å². The average Bonchev–Trinajstić information content (AvgIpc) is 3.06. The SMILES string of the molecule is CCCOc1ccc(/C(CC)=N\NC(=O)[C@]2(C)CC2(Cl)Cl)cc1. The molecule has 1 aromatic rings. The maximum atomic E-state index is 12.2. The molecule has 6 heteroatoms. The fourth-order valence-corrected chi connectivity index (χ4v) is 2.91.